The van der Waals surface area contributed by atoms with E-state index in [0.717, 1.165) is 47.2 Å². The minimum absolute atomic E-state index is 0.143. The zero-order valence-corrected chi connectivity index (χ0v) is 22.1. The van der Waals surface area contributed by atoms with Crippen LogP contribution in [-0.2, 0) is 11.3 Å². The molecule has 3 aromatic rings. The number of hydrogen-bond acceptors (Lipinski definition) is 3. The highest BCUT2D eigenvalue weighted by Gasteiger charge is 2.20. The molecule has 5 heteroatoms. The third-order valence-electron chi connectivity index (χ3n) is 5.62. The van der Waals surface area contributed by atoms with Gasteiger partial charge in [0.15, 0.2) is 5.16 Å². The van der Waals surface area contributed by atoms with E-state index in [4.69, 9.17) is 4.98 Å². The molecule has 182 valence electrons. The minimum atomic E-state index is 0.143. The van der Waals surface area contributed by atoms with E-state index in [2.05, 4.69) is 93.0 Å². The van der Waals surface area contributed by atoms with E-state index in [1.807, 2.05) is 12.1 Å². The fraction of sp³-hybridized carbons (Fsp3) is 0.448. The first-order valence-corrected chi connectivity index (χ1v) is 13.4. The van der Waals surface area contributed by atoms with E-state index in [9.17, 15) is 4.79 Å². The maximum absolute atomic E-state index is 12.4. The van der Waals surface area contributed by atoms with Crippen molar-refractivity contribution in [1.82, 2.24) is 14.9 Å². The Morgan fingerprint density at radius 2 is 1.65 bits per heavy atom. The van der Waals surface area contributed by atoms with Gasteiger partial charge in [-0.3, -0.25) is 4.79 Å². The number of nitrogens with one attached hydrogen (secondary N) is 1. The Labute approximate surface area is 209 Å². The van der Waals surface area contributed by atoms with Gasteiger partial charge in [-0.1, -0.05) is 107 Å². The third kappa shape index (κ3) is 7.49. The van der Waals surface area contributed by atoms with Crippen LogP contribution in [0.5, 0.6) is 0 Å². The van der Waals surface area contributed by atoms with Gasteiger partial charge in [0.05, 0.1) is 11.4 Å². The molecule has 1 unspecified atom stereocenters. The number of thioether (sulfide) groups is 1. The fourth-order valence-corrected chi connectivity index (χ4v) is 5.38. The number of carbonyl (C=O) groups excluding carboxylic acids is 1. The lowest BCUT2D eigenvalue weighted by Crippen LogP contribution is -2.28. The number of nitrogens with zero attached hydrogens (tertiary/aromatic N) is 2. The van der Waals surface area contributed by atoms with Crippen molar-refractivity contribution in [1.29, 1.82) is 0 Å². The topological polar surface area (TPSA) is 46.9 Å². The molecule has 0 aliphatic rings. The number of rotatable bonds is 11. The largest absolute Gasteiger partial charge is 0.355 e. The maximum Gasteiger partial charge on any atom is 0.220 e. The van der Waals surface area contributed by atoms with Crippen molar-refractivity contribution in [3.05, 3.63) is 60.7 Å². The third-order valence-corrected chi connectivity index (χ3v) is 6.60. The van der Waals surface area contributed by atoms with E-state index in [-0.39, 0.29) is 11.3 Å². The van der Waals surface area contributed by atoms with Gasteiger partial charge in [-0.2, -0.15) is 0 Å². The molecule has 0 aliphatic heterocycles. The van der Waals surface area contributed by atoms with Crippen molar-refractivity contribution in [2.24, 2.45) is 11.3 Å². The Kier molecular flexibility index (Phi) is 9.40. The summed E-state index contributed by atoms with van der Waals surface area (Å²) < 4.78 is 2.34. The summed E-state index contributed by atoms with van der Waals surface area (Å²) in [6.45, 7) is 12.6. The lowest BCUT2D eigenvalue weighted by atomic mass is 9.84. The second-order valence-corrected chi connectivity index (χ2v) is 11.3. The number of benzene rings is 2. The van der Waals surface area contributed by atoms with Gasteiger partial charge < -0.3 is 9.88 Å². The second kappa shape index (κ2) is 12.3. The molecule has 4 nitrogen and oxygen atoms in total. The number of carbonyl (C=O) groups is 1. The first-order chi connectivity index (χ1) is 16.3. The molecule has 0 radical (unpaired) electrons. The smallest absolute Gasteiger partial charge is 0.220 e. The monoisotopic (exact) mass is 477 g/mol. The zero-order valence-electron chi connectivity index (χ0n) is 21.3. The molecule has 0 spiro atoms. The van der Waals surface area contributed by atoms with Crippen LogP contribution in [0.1, 0.15) is 53.9 Å². The number of hydrogen-bond donors (Lipinski definition) is 1. The molecule has 1 aromatic heterocycles. The summed E-state index contributed by atoms with van der Waals surface area (Å²) in [6.07, 6.45) is 2.66. The van der Waals surface area contributed by atoms with Gasteiger partial charge in [0, 0.05) is 36.4 Å². The maximum atomic E-state index is 12.4. The number of imidazole rings is 1. The van der Waals surface area contributed by atoms with Crippen LogP contribution in [0.15, 0.2) is 65.8 Å². The van der Waals surface area contributed by atoms with E-state index in [1.165, 1.54) is 5.56 Å². The standard InChI is InChI=1S/C29H39N3OS/c1-6-18-32-27(24-15-11-8-12-16-24)26(23-13-9-7-10-14-23)31-28(32)34-19-17-30-25(33)20-22(2)21-29(3,4)5/h7-16,22H,6,17-21H2,1-5H3,(H,30,33). The highest BCUT2D eigenvalue weighted by molar-refractivity contribution is 7.99. The van der Waals surface area contributed by atoms with Crippen LogP contribution in [0.4, 0.5) is 0 Å². The Morgan fingerprint density at radius 1 is 1.03 bits per heavy atom. The highest BCUT2D eigenvalue weighted by Crippen LogP contribution is 2.36. The van der Waals surface area contributed by atoms with Crippen LogP contribution in [0.25, 0.3) is 22.5 Å². The predicted octanol–water partition coefficient (Wildman–Crippen LogP) is 7.30. The van der Waals surface area contributed by atoms with E-state index in [1.54, 1.807) is 11.8 Å². The Balaban J connectivity index is 1.73. The van der Waals surface area contributed by atoms with Crippen LogP contribution in [0.3, 0.4) is 0 Å². The molecule has 1 N–H and O–H groups in total. The number of aromatic nitrogens is 2. The molecule has 1 atom stereocenters. The molecule has 0 saturated carbocycles. The van der Waals surface area contributed by atoms with Crippen molar-refractivity contribution in [3.63, 3.8) is 0 Å². The molecule has 1 amide bonds. The Morgan fingerprint density at radius 3 is 2.24 bits per heavy atom. The summed E-state index contributed by atoms with van der Waals surface area (Å²) in [4.78, 5) is 17.5. The summed E-state index contributed by atoms with van der Waals surface area (Å²) >= 11 is 1.72. The number of amides is 1. The Hall–Kier alpha value is -2.53. The van der Waals surface area contributed by atoms with Crippen molar-refractivity contribution >= 4 is 17.7 Å². The van der Waals surface area contributed by atoms with Crippen molar-refractivity contribution in [2.45, 2.75) is 65.6 Å². The van der Waals surface area contributed by atoms with Crippen molar-refractivity contribution < 1.29 is 4.79 Å². The second-order valence-electron chi connectivity index (χ2n) is 10.2. The average Bonchev–Trinajstić information content (AvgIpc) is 3.15. The summed E-state index contributed by atoms with van der Waals surface area (Å²) in [5.41, 5.74) is 4.73. The molecule has 34 heavy (non-hydrogen) atoms. The van der Waals surface area contributed by atoms with E-state index < -0.39 is 0 Å². The Bertz CT molecular complexity index is 1040. The summed E-state index contributed by atoms with van der Waals surface area (Å²) in [6, 6.07) is 20.9. The molecular weight excluding hydrogens is 438 g/mol. The predicted molar refractivity (Wildman–Crippen MR) is 145 cm³/mol. The van der Waals surface area contributed by atoms with Crippen LogP contribution in [-0.4, -0.2) is 27.8 Å². The molecule has 0 saturated heterocycles. The highest BCUT2D eigenvalue weighted by atomic mass is 32.2. The molecule has 2 aromatic carbocycles. The quantitative estimate of drug-likeness (QED) is 0.233. The van der Waals surface area contributed by atoms with Crippen molar-refractivity contribution in [3.8, 4) is 22.5 Å². The first-order valence-electron chi connectivity index (χ1n) is 12.4. The molecule has 1 heterocycles. The normalized spacial score (nSPS) is 12.5. The molecule has 0 bridgehead atoms. The van der Waals surface area contributed by atoms with Gasteiger partial charge in [0.25, 0.3) is 0 Å². The summed E-state index contributed by atoms with van der Waals surface area (Å²) in [5, 5.41) is 4.12. The van der Waals surface area contributed by atoms with Crippen LogP contribution < -0.4 is 5.32 Å². The lowest BCUT2D eigenvalue weighted by Gasteiger charge is -2.22. The zero-order chi connectivity index (χ0) is 24.6. The van der Waals surface area contributed by atoms with Crippen LogP contribution in [0, 0.1) is 11.3 Å². The van der Waals surface area contributed by atoms with Crippen LogP contribution in [0.2, 0.25) is 0 Å². The van der Waals surface area contributed by atoms with Gasteiger partial charge in [-0.15, -0.1) is 0 Å². The molecule has 0 aliphatic carbocycles. The van der Waals surface area contributed by atoms with E-state index in [0.29, 0.717) is 18.9 Å². The minimum Gasteiger partial charge on any atom is -0.355 e. The van der Waals surface area contributed by atoms with Gasteiger partial charge in [0.1, 0.15) is 0 Å². The lowest BCUT2D eigenvalue weighted by molar-refractivity contribution is -0.121. The molecular formula is C29H39N3OS. The van der Waals surface area contributed by atoms with Gasteiger partial charge in [-0.05, 0) is 24.2 Å². The van der Waals surface area contributed by atoms with Crippen LogP contribution >= 0.6 is 11.8 Å². The van der Waals surface area contributed by atoms with Gasteiger partial charge >= 0.3 is 0 Å². The molecule has 3 rings (SSSR count). The van der Waals surface area contributed by atoms with Gasteiger partial charge in [-0.25, -0.2) is 4.98 Å². The SMILES string of the molecule is CCCn1c(SCCNC(=O)CC(C)CC(C)(C)C)nc(-c2ccccc2)c1-c1ccccc1. The van der Waals surface area contributed by atoms with E-state index >= 15 is 0 Å². The first kappa shape index (κ1) is 26.1. The fourth-order valence-electron chi connectivity index (χ4n) is 4.50. The average molecular weight is 478 g/mol. The summed E-state index contributed by atoms with van der Waals surface area (Å²) in [5.74, 6) is 1.32. The molecule has 0 fully saturated rings. The van der Waals surface area contributed by atoms with Crippen molar-refractivity contribution in [2.75, 3.05) is 12.3 Å². The summed E-state index contributed by atoms with van der Waals surface area (Å²) in [7, 11) is 0. The van der Waals surface area contributed by atoms with Gasteiger partial charge in [0.2, 0.25) is 5.91 Å².